The second-order valence-electron chi connectivity index (χ2n) is 7.25. The lowest BCUT2D eigenvalue weighted by molar-refractivity contribution is -0.128. The van der Waals surface area contributed by atoms with Gasteiger partial charge in [0.05, 0.1) is 6.54 Å². The van der Waals surface area contributed by atoms with Gasteiger partial charge in [-0.15, -0.1) is 0 Å². The molecule has 158 valence electrons. The first-order valence-electron chi connectivity index (χ1n) is 9.72. The number of likely N-dealkylation sites (tertiary alicyclic amines) is 1. The average Bonchev–Trinajstić information content (AvgIpc) is 2.75. The molecule has 3 rings (SSSR count). The first-order chi connectivity index (χ1) is 14.3. The molecule has 6 nitrogen and oxygen atoms in total. The van der Waals surface area contributed by atoms with Gasteiger partial charge in [0.1, 0.15) is 0 Å². The van der Waals surface area contributed by atoms with E-state index in [1.54, 1.807) is 47.4 Å². The minimum absolute atomic E-state index is 0.0678. The molecule has 30 heavy (non-hydrogen) atoms. The van der Waals surface area contributed by atoms with E-state index in [9.17, 15) is 14.4 Å². The maximum absolute atomic E-state index is 12.5. The number of nitrogens with one attached hydrogen (secondary N) is 2. The largest absolute Gasteiger partial charge is 0.347 e. The minimum Gasteiger partial charge on any atom is -0.347 e. The van der Waals surface area contributed by atoms with Gasteiger partial charge >= 0.3 is 0 Å². The van der Waals surface area contributed by atoms with Crippen LogP contribution in [0.15, 0.2) is 42.5 Å². The summed E-state index contributed by atoms with van der Waals surface area (Å²) in [5.41, 5.74) is 1.97. The fraction of sp³-hybridized carbons (Fsp3) is 0.318. The first kappa shape index (κ1) is 22.1. The normalized spacial score (nSPS) is 14.3. The number of benzene rings is 2. The van der Waals surface area contributed by atoms with E-state index in [4.69, 9.17) is 23.2 Å². The third-order valence-corrected chi connectivity index (χ3v) is 5.87. The maximum Gasteiger partial charge on any atom is 0.253 e. The summed E-state index contributed by atoms with van der Waals surface area (Å²) in [5, 5.41) is 6.59. The smallest absolute Gasteiger partial charge is 0.253 e. The summed E-state index contributed by atoms with van der Waals surface area (Å²) in [7, 11) is 0. The van der Waals surface area contributed by atoms with Crippen LogP contribution in [-0.2, 0) is 9.59 Å². The standard InChI is InChI=1S/C22H23Cl2N3O3/c1-14-18(24)3-2-4-19(14)26-20(28)13-25-21(29)15-9-11-27(12-10-15)22(30)16-5-7-17(23)8-6-16/h2-8,15H,9-13H2,1H3,(H,25,29)(H,26,28). The van der Waals surface area contributed by atoms with E-state index in [-0.39, 0.29) is 30.2 Å². The van der Waals surface area contributed by atoms with E-state index in [0.717, 1.165) is 5.56 Å². The predicted molar refractivity (Wildman–Crippen MR) is 118 cm³/mol. The maximum atomic E-state index is 12.5. The number of amides is 3. The first-order valence-corrected chi connectivity index (χ1v) is 10.5. The van der Waals surface area contributed by atoms with Gasteiger partial charge in [-0.2, -0.15) is 0 Å². The number of piperidine rings is 1. The van der Waals surface area contributed by atoms with E-state index in [1.807, 2.05) is 6.92 Å². The molecule has 0 saturated carbocycles. The summed E-state index contributed by atoms with van der Waals surface area (Å²) >= 11 is 11.9. The predicted octanol–water partition coefficient (Wildman–Crippen LogP) is 3.91. The van der Waals surface area contributed by atoms with Crippen LogP contribution in [0.1, 0.15) is 28.8 Å². The van der Waals surface area contributed by atoms with Gasteiger partial charge in [-0.05, 0) is 61.7 Å². The Kier molecular flexibility index (Phi) is 7.34. The van der Waals surface area contributed by atoms with E-state index >= 15 is 0 Å². The van der Waals surface area contributed by atoms with Gasteiger partial charge in [0.25, 0.3) is 5.91 Å². The zero-order chi connectivity index (χ0) is 21.7. The highest BCUT2D eigenvalue weighted by atomic mass is 35.5. The quantitative estimate of drug-likeness (QED) is 0.728. The molecule has 1 fully saturated rings. The van der Waals surface area contributed by atoms with Crippen LogP contribution in [0.3, 0.4) is 0 Å². The summed E-state index contributed by atoms with van der Waals surface area (Å²) in [4.78, 5) is 38.9. The molecule has 2 aromatic carbocycles. The summed E-state index contributed by atoms with van der Waals surface area (Å²) in [5.74, 6) is -0.780. The average molecular weight is 448 g/mol. The highest BCUT2D eigenvalue weighted by Crippen LogP contribution is 2.23. The van der Waals surface area contributed by atoms with E-state index in [0.29, 0.717) is 47.2 Å². The molecule has 0 atom stereocenters. The van der Waals surface area contributed by atoms with Crippen LogP contribution < -0.4 is 10.6 Å². The molecule has 1 heterocycles. The zero-order valence-corrected chi connectivity index (χ0v) is 18.1. The number of anilines is 1. The van der Waals surface area contributed by atoms with Crippen LogP contribution in [-0.4, -0.2) is 42.3 Å². The van der Waals surface area contributed by atoms with Gasteiger partial charge in [-0.25, -0.2) is 0 Å². The van der Waals surface area contributed by atoms with Crippen molar-refractivity contribution >= 4 is 46.6 Å². The molecule has 1 aliphatic heterocycles. The van der Waals surface area contributed by atoms with E-state index in [2.05, 4.69) is 10.6 Å². The molecule has 3 amide bonds. The molecule has 1 aliphatic rings. The van der Waals surface area contributed by atoms with Crippen molar-refractivity contribution in [2.75, 3.05) is 25.0 Å². The van der Waals surface area contributed by atoms with Crippen molar-refractivity contribution in [2.45, 2.75) is 19.8 Å². The number of nitrogens with zero attached hydrogens (tertiary/aromatic N) is 1. The molecule has 0 bridgehead atoms. The summed E-state index contributed by atoms with van der Waals surface area (Å²) in [6.45, 7) is 2.69. The summed E-state index contributed by atoms with van der Waals surface area (Å²) in [6, 6.07) is 12.0. The van der Waals surface area contributed by atoms with Crippen molar-refractivity contribution in [1.82, 2.24) is 10.2 Å². The van der Waals surface area contributed by atoms with Crippen molar-refractivity contribution in [1.29, 1.82) is 0 Å². The molecule has 0 unspecified atom stereocenters. The Morgan fingerprint density at radius 2 is 1.70 bits per heavy atom. The number of rotatable bonds is 5. The number of carbonyl (C=O) groups excluding carboxylic acids is 3. The Bertz CT molecular complexity index is 939. The number of halogens is 2. The van der Waals surface area contributed by atoms with E-state index < -0.39 is 0 Å². The zero-order valence-electron chi connectivity index (χ0n) is 16.6. The van der Waals surface area contributed by atoms with Gasteiger partial charge in [-0.1, -0.05) is 29.3 Å². The summed E-state index contributed by atoms with van der Waals surface area (Å²) < 4.78 is 0. The van der Waals surface area contributed by atoms with Gasteiger partial charge in [-0.3, -0.25) is 14.4 Å². The molecule has 0 radical (unpaired) electrons. The number of hydrogen-bond donors (Lipinski definition) is 2. The highest BCUT2D eigenvalue weighted by molar-refractivity contribution is 6.31. The van der Waals surface area contributed by atoms with Crippen LogP contribution in [0, 0.1) is 12.8 Å². The Morgan fingerprint density at radius 1 is 1.03 bits per heavy atom. The molecule has 0 aromatic heterocycles. The van der Waals surface area contributed by atoms with Crippen molar-refractivity contribution < 1.29 is 14.4 Å². The molecule has 0 aliphatic carbocycles. The highest BCUT2D eigenvalue weighted by Gasteiger charge is 2.28. The lowest BCUT2D eigenvalue weighted by atomic mass is 9.95. The lowest BCUT2D eigenvalue weighted by Gasteiger charge is -2.31. The van der Waals surface area contributed by atoms with Gasteiger partial charge in [0, 0.05) is 40.3 Å². The van der Waals surface area contributed by atoms with Crippen LogP contribution in [0.5, 0.6) is 0 Å². The summed E-state index contributed by atoms with van der Waals surface area (Å²) in [6.07, 6.45) is 1.11. The molecule has 2 aromatic rings. The van der Waals surface area contributed by atoms with Gasteiger partial charge in [0.15, 0.2) is 0 Å². The van der Waals surface area contributed by atoms with Crippen LogP contribution >= 0.6 is 23.2 Å². The number of carbonyl (C=O) groups is 3. The molecule has 2 N–H and O–H groups in total. The monoisotopic (exact) mass is 447 g/mol. The fourth-order valence-electron chi connectivity index (χ4n) is 3.37. The van der Waals surface area contributed by atoms with Crippen molar-refractivity contribution in [3.05, 3.63) is 63.6 Å². The van der Waals surface area contributed by atoms with Crippen LogP contribution in [0.25, 0.3) is 0 Å². The lowest BCUT2D eigenvalue weighted by Crippen LogP contribution is -2.44. The molecular formula is C22H23Cl2N3O3. The molecule has 0 spiro atoms. The number of hydrogen-bond acceptors (Lipinski definition) is 3. The second-order valence-corrected chi connectivity index (χ2v) is 8.10. The van der Waals surface area contributed by atoms with E-state index in [1.165, 1.54) is 0 Å². The Hall–Kier alpha value is -2.57. The Morgan fingerprint density at radius 3 is 2.37 bits per heavy atom. The molecular weight excluding hydrogens is 425 g/mol. The third-order valence-electron chi connectivity index (χ3n) is 5.21. The van der Waals surface area contributed by atoms with Crippen molar-refractivity contribution in [3.8, 4) is 0 Å². The van der Waals surface area contributed by atoms with Crippen molar-refractivity contribution in [3.63, 3.8) is 0 Å². The van der Waals surface area contributed by atoms with Gasteiger partial charge < -0.3 is 15.5 Å². The third kappa shape index (κ3) is 5.52. The van der Waals surface area contributed by atoms with Gasteiger partial charge in [0.2, 0.25) is 11.8 Å². The Labute approximate surface area is 185 Å². The topological polar surface area (TPSA) is 78.5 Å². The Balaban J connectivity index is 1.45. The molecule has 1 saturated heterocycles. The SMILES string of the molecule is Cc1c(Cl)cccc1NC(=O)CNC(=O)C1CCN(C(=O)c2ccc(Cl)cc2)CC1. The van der Waals surface area contributed by atoms with Crippen LogP contribution in [0.2, 0.25) is 10.0 Å². The second kappa shape index (κ2) is 9.96. The van der Waals surface area contributed by atoms with Crippen molar-refractivity contribution in [2.24, 2.45) is 5.92 Å². The molecule has 8 heteroatoms. The fourth-order valence-corrected chi connectivity index (χ4v) is 3.67. The van der Waals surface area contributed by atoms with Crippen LogP contribution in [0.4, 0.5) is 5.69 Å². The minimum atomic E-state index is -0.316.